The van der Waals surface area contributed by atoms with Crippen molar-refractivity contribution in [3.8, 4) is 0 Å². The fourth-order valence-electron chi connectivity index (χ4n) is 2.01. The summed E-state index contributed by atoms with van der Waals surface area (Å²) in [7, 11) is 7.99. The normalized spacial score (nSPS) is 9.04. The van der Waals surface area contributed by atoms with E-state index in [0.29, 0.717) is 0 Å². The number of hydrogen-bond acceptors (Lipinski definition) is 0. The summed E-state index contributed by atoms with van der Waals surface area (Å²) in [4.78, 5) is 0. The van der Waals surface area contributed by atoms with Crippen LogP contribution >= 0.6 is 56.1 Å². The Bertz CT molecular complexity index is 627. The molecule has 3 rings (SSSR count). The van der Waals surface area contributed by atoms with Crippen molar-refractivity contribution in [2.24, 2.45) is 0 Å². The number of rotatable bonds is 0. The van der Waals surface area contributed by atoms with Crippen LogP contribution in [0.4, 0.5) is 0 Å². The predicted molar refractivity (Wildman–Crippen MR) is 139 cm³/mol. The van der Waals surface area contributed by atoms with Gasteiger partial charge in [0.1, 0.15) is 0 Å². The second-order valence-corrected chi connectivity index (χ2v) is 13.0. The third-order valence-electron chi connectivity index (χ3n) is 3.13. The minimum atomic E-state index is 1.06. The molecule has 0 aromatic heterocycles. The van der Waals surface area contributed by atoms with Gasteiger partial charge < -0.3 is 0 Å². The Morgan fingerprint density at radius 2 is 0.778 bits per heavy atom. The van der Waals surface area contributed by atoms with E-state index in [1.54, 1.807) is 0 Å². The molecule has 6 heteroatoms. The average molecular weight is 591 g/mol. The standard InChI is InChI=1S/3C7H9P.2BrH.Co/c3*1-6-3-2-4-7(8)5-6;;;/h3*2-5H,8H2,1H3;2*1H;/q;;;;;+2/p-2. The summed E-state index contributed by atoms with van der Waals surface area (Å²) >= 11 is 7.12. The SMILES string of the molecule is Cc1cccc(P)c1.Cc1cccc(P)c1.Cc1cccc(P)c1.[Br][Co][Br]. The Labute approximate surface area is 192 Å². The molecule has 3 unspecified atom stereocenters. The zero-order valence-corrected chi connectivity index (χ0v) is 23.4. The van der Waals surface area contributed by atoms with Crippen LogP contribution in [0.25, 0.3) is 0 Å². The van der Waals surface area contributed by atoms with E-state index in [-0.39, 0.29) is 0 Å². The summed E-state index contributed by atoms with van der Waals surface area (Å²) < 4.78 is 0. The van der Waals surface area contributed by atoms with Crippen LogP contribution in [-0.4, -0.2) is 0 Å². The van der Waals surface area contributed by atoms with E-state index >= 15 is 0 Å². The van der Waals surface area contributed by atoms with Crippen molar-refractivity contribution in [2.75, 3.05) is 0 Å². The van der Waals surface area contributed by atoms with E-state index in [1.165, 1.54) is 32.6 Å². The summed E-state index contributed by atoms with van der Waals surface area (Å²) in [5.41, 5.74) is 3.95. The maximum absolute atomic E-state index is 3.03. The van der Waals surface area contributed by atoms with Crippen LogP contribution in [0.1, 0.15) is 16.7 Å². The maximum atomic E-state index is 3.03. The van der Waals surface area contributed by atoms with Gasteiger partial charge >= 0.3 is 39.5 Å². The van der Waals surface area contributed by atoms with Gasteiger partial charge in [0.15, 0.2) is 0 Å². The zero-order chi connectivity index (χ0) is 20.7. The van der Waals surface area contributed by atoms with Crippen molar-refractivity contribution >= 4 is 72.0 Å². The van der Waals surface area contributed by atoms with Gasteiger partial charge in [0.2, 0.25) is 0 Å². The molecule has 0 N–H and O–H groups in total. The second kappa shape index (κ2) is 17.3. The van der Waals surface area contributed by atoms with Crippen molar-refractivity contribution < 1.29 is 11.1 Å². The number of aryl methyl sites for hydroxylation is 3. The predicted octanol–water partition coefficient (Wildman–Crippen LogP) is 6.17. The van der Waals surface area contributed by atoms with Crippen molar-refractivity contribution in [1.29, 1.82) is 0 Å². The topological polar surface area (TPSA) is 0 Å². The summed E-state index contributed by atoms with van der Waals surface area (Å²) in [6.07, 6.45) is 0. The van der Waals surface area contributed by atoms with E-state index in [9.17, 15) is 0 Å². The van der Waals surface area contributed by atoms with Gasteiger partial charge in [-0.1, -0.05) is 89.5 Å². The first-order chi connectivity index (χ1) is 12.8. The van der Waals surface area contributed by atoms with E-state index in [2.05, 4.69) is 150 Å². The summed E-state index contributed by atoms with van der Waals surface area (Å²) in [6.45, 7) is 6.27. The molecule has 0 bridgehead atoms. The van der Waals surface area contributed by atoms with Gasteiger partial charge in [0.05, 0.1) is 0 Å². The van der Waals surface area contributed by atoms with E-state index < -0.39 is 0 Å². The zero-order valence-electron chi connectivity index (χ0n) is 15.7. The molecule has 3 aromatic carbocycles. The van der Waals surface area contributed by atoms with Crippen LogP contribution in [0.15, 0.2) is 72.8 Å². The van der Waals surface area contributed by atoms with Gasteiger partial charge in [-0.2, -0.15) is 0 Å². The molecule has 0 aliphatic carbocycles. The molecule has 0 saturated heterocycles. The van der Waals surface area contributed by atoms with Gasteiger partial charge in [0.25, 0.3) is 0 Å². The first-order valence-corrected chi connectivity index (χ1v) is 15.0. The van der Waals surface area contributed by atoms with Crippen molar-refractivity contribution in [1.82, 2.24) is 0 Å². The quantitative estimate of drug-likeness (QED) is 0.275. The fourth-order valence-corrected chi connectivity index (χ4v) is 3.13. The van der Waals surface area contributed by atoms with Crippen LogP contribution in [0.2, 0.25) is 0 Å². The molecule has 0 heterocycles. The number of benzene rings is 3. The second-order valence-electron chi connectivity index (χ2n) is 5.79. The molecule has 0 spiro atoms. The van der Waals surface area contributed by atoms with E-state index in [1.807, 2.05) is 0 Å². The molecule has 149 valence electrons. The Balaban J connectivity index is 0.000000350. The number of hydrogen-bond donors (Lipinski definition) is 0. The summed E-state index contributed by atoms with van der Waals surface area (Å²) in [5.74, 6) is 0. The van der Waals surface area contributed by atoms with Crippen LogP contribution < -0.4 is 15.9 Å². The van der Waals surface area contributed by atoms with Crippen molar-refractivity contribution in [3.05, 3.63) is 89.5 Å². The first-order valence-electron chi connectivity index (χ1n) is 8.08. The van der Waals surface area contributed by atoms with Gasteiger partial charge in [-0.05, 0) is 36.7 Å². The minimum absolute atomic E-state index is 1.06. The molecule has 0 fully saturated rings. The Hall–Kier alpha value is 0.416. The summed E-state index contributed by atoms with van der Waals surface area (Å²) in [6, 6.07) is 25.0. The molecule has 0 aliphatic heterocycles. The van der Waals surface area contributed by atoms with Crippen LogP contribution in [-0.2, 0) is 11.1 Å². The van der Waals surface area contributed by atoms with Gasteiger partial charge in [0, 0.05) is 0 Å². The molecule has 27 heavy (non-hydrogen) atoms. The molecule has 0 amide bonds. The molecular formula is C21H27Br2CoP3. The van der Waals surface area contributed by atoms with E-state index in [0.717, 1.165) is 11.1 Å². The van der Waals surface area contributed by atoms with Gasteiger partial charge in [-0.25, -0.2) is 0 Å². The Kier molecular flexibility index (Phi) is 17.6. The van der Waals surface area contributed by atoms with Gasteiger partial charge in [-0.15, -0.1) is 27.7 Å². The first kappa shape index (κ1) is 27.4. The van der Waals surface area contributed by atoms with Crippen LogP contribution in [0.5, 0.6) is 0 Å². The van der Waals surface area contributed by atoms with Crippen molar-refractivity contribution in [3.63, 3.8) is 0 Å². The molecule has 3 atom stereocenters. The third kappa shape index (κ3) is 17.0. The third-order valence-corrected chi connectivity index (χ3v) is 4.20. The molecule has 0 saturated carbocycles. The Morgan fingerprint density at radius 1 is 0.556 bits per heavy atom. The fraction of sp³-hybridized carbons (Fsp3) is 0.143. The molecule has 3 aromatic rings. The molecule has 0 aliphatic rings. The molecule has 0 radical (unpaired) electrons. The molecule has 0 nitrogen and oxygen atoms in total. The number of halogens is 2. The monoisotopic (exact) mass is 589 g/mol. The van der Waals surface area contributed by atoms with Gasteiger partial charge in [-0.3, -0.25) is 0 Å². The van der Waals surface area contributed by atoms with E-state index in [4.69, 9.17) is 0 Å². The molecular weight excluding hydrogens is 564 g/mol. The summed E-state index contributed by atoms with van der Waals surface area (Å²) in [5, 5.41) is 3.76. The van der Waals surface area contributed by atoms with Crippen molar-refractivity contribution in [2.45, 2.75) is 20.8 Å². The van der Waals surface area contributed by atoms with Crippen LogP contribution in [0.3, 0.4) is 0 Å². The van der Waals surface area contributed by atoms with Crippen LogP contribution in [0, 0.1) is 20.8 Å². The average Bonchev–Trinajstić information content (AvgIpc) is 2.56. The Morgan fingerprint density at radius 3 is 0.889 bits per heavy atom.